The molecule has 9 heteroatoms. The van der Waals surface area contributed by atoms with E-state index in [4.69, 9.17) is 10.5 Å². The van der Waals surface area contributed by atoms with E-state index in [0.717, 1.165) is 19.3 Å². The van der Waals surface area contributed by atoms with Crippen LogP contribution >= 0.6 is 0 Å². The Balaban J connectivity index is 1.60. The maximum absolute atomic E-state index is 12.4. The molecule has 1 aromatic rings. The van der Waals surface area contributed by atoms with Gasteiger partial charge in [0.2, 0.25) is 5.91 Å². The molecule has 2 fully saturated rings. The van der Waals surface area contributed by atoms with E-state index in [1.807, 2.05) is 0 Å². The molecular formula is C18H25N3O5S. The van der Waals surface area contributed by atoms with Crippen LogP contribution in [-0.2, 0) is 19.4 Å². The Morgan fingerprint density at radius 3 is 2.56 bits per heavy atom. The molecule has 148 valence electrons. The smallest absolute Gasteiger partial charge is 0.321 e. The maximum atomic E-state index is 12.4. The van der Waals surface area contributed by atoms with Crippen molar-refractivity contribution in [3.05, 3.63) is 24.3 Å². The minimum absolute atomic E-state index is 0.0268. The summed E-state index contributed by atoms with van der Waals surface area (Å²) in [4.78, 5) is 25.5. The maximum Gasteiger partial charge on any atom is 0.321 e. The van der Waals surface area contributed by atoms with Crippen LogP contribution < -0.4 is 11.1 Å². The molecule has 8 nitrogen and oxygen atoms in total. The molecule has 27 heavy (non-hydrogen) atoms. The summed E-state index contributed by atoms with van der Waals surface area (Å²) in [5.41, 5.74) is 5.83. The zero-order chi connectivity index (χ0) is 19.4. The minimum atomic E-state index is -3.43. The standard InChI is InChI=1S/C18H25N3O5S/c19-17(22)13-3-1-9-21(11-13)18(23)20-14-5-7-16(8-6-14)27(24,25)12-15-4-2-10-26-15/h5-8,13,15H,1-4,9-12H2,(H2,19,22)(H,20,23). The molecule has 3 N–H and O–H groups in total. The number of nitrogens with one attached hydrogen (secondary N) is 1. The van der Waals surface area contributed by atoms with Crippen molar-refractivity contribution < 1.29 is 22.7 Å². The summed E-state index contributed by atoms with van der Waals surface area (Å²) in [6.07, 6.45) is 2.82. The van der Waals surface area contributed by atoms with Crippen molar-refractivity contribution in [3.8, 4) is 0 Å². The Bertz CT molecular complexity index is 788. The fourth-order valence-electron chi connectivity index (χ4n) is 3.46. The van der Waals surface area contributed by atoms with Gasteiger partial charge in [-0.25, -0.2) is 13.2 Å². The second-order valence-corrected chi connectivity index (χ2v) is 9.09. The van der Waals surface area contributed by atoms with Crippen molar-refractivity contribution in [2.75, 3.05) is 30.8 Å². The van der Waals surface area contributed by atoms with Gasteiger partial charge < -0.3 is 20.7 Å². The predicted molar refractivity (Wildman–Crippen MR) is 100.0 cm³/mol. The first kappa shape index (κ1) is 19.6. The number of hydrogen-bond donors (Lipinski definition) is 2. The molecule has 2 saturated heterocycles. The molecule has 1 aromatic carbocycles. The van der Waals surface area contributed by atoms with Crippen molar-refractivity contribution in [3.63, 3.8) is 0 Å². The number of piperidine rings is 1. The largest absolute Gasteiger partial charge is 0.377 e. The third-order valence-corrected chi connectivity index (χ3v) is 6.81. The van der Waals surface area contributed by atoms with E-state index in [1.54, 1.807) is 17.0 Å². The summed E-state index contributed by atoms with van der Waals surface area (Å²) in [6.45, 7) is 1.47. The zero-order valence-electron chi connectivity index (χ0n) is 15.1. The lowest BCUT2D eigenvalue weighted by Gasteiger charge is -2.31. The van der Waals surface area contributed by atoms with Crippen LogP contribution in [-0.4, -0.2) is 56.8 Å². The number of carbonyl (C=O) groups excluding carboxylic acids is 2. The van der Waals surface area contributed by atoms with E-state index in [1.165, 1.54) is 12.1 Å². The Labute approximate surface area is 159 Å². The monoisotopic (exact) mass is 395 g/mol. The highest BCUT2D eigenvalue weighted by Gasteiger charge is 2.27. The number of sulfone groups is 1. The third kappa shape index (κ3) is 4.98. The van der Waals surface area contributed by atoms with Gasteiger partial charge in [0.15, 0.2) is 9.84 Å². The van der Waals surface area contributed by atoms with Crippen LogP contribution in [0, 0.1) is 5.92 Å². The Hall–Kier alpha value is -2.13. The Morgan fingerprint density at radius 1 is 1.19 bits per heavy atom. The highest BCUT2D eigenvalue weighted by atomic mass is 32.2. The quantitative estimate of drug-likeness (QED) is 0.780. The molecule has 2 heterocycles. The molecule has 0 spiro atoms. The summed E-state index contributed by atoms with van der Waals surface area (Å²) >= 11 is 0. The second kappa shape index (κ2) is 8.26. The van der Waals surface area contributed by atoms with Gasteiger partial charge in [-0.2, -0.15) is 0 Å². The van der Waals surface area contributed by atoms with Gasteiger partial charge >= 0.3 is 6.03 Å². The minimum Gasteiger partial charge on any atom is -0.377 e. The van der Waals surface area contributed by atoms with Gasteiger partial charge in [-0.1, -0.05) is 0 Å². The highest BCUT2D eigenvalue weighted by molar-refractivity contribution is 7.91. The normalized spacial score (nSPS) is 23.2. The van der Waals surface area contributed by atoms with Gasteiger partial charge in [0.05, 0.1) is 22.7 Å². The molecular weight excluding hydrogens is 370 g/mol. The number of primary amides is 1. The number of urea groups is 1. The molecule has 2 atom stereocenters. The molecule has 0 radical (unpaired) electrons. The number of likely N-dealkylation sites (tertiary alicyclic amines) is 1. The van der Waals surface area contributed by atoms with Gasteiger partial charge in [0.1, 0.15) is 0 Å². The van der Waals surface area contributed by atoms with Gasteiger partial charge in [0, 0.05) is 25.4 Å². The van der Waals surface area contributed by atoms with Gasteiger partial charge in [-0.15, -0.1) is 0 Å². The molecule has 2 unspecified atom stereocenters. The lowest BCUT2D eigenvalue weighted by Crippen LogP contribution is -2.45. The molecule has 2 aliphatic heterocycles. The van der Waals surface area contributed by atoms with Crippen LogP contribution in [0.15, 0.2) is 29.2 Å². The topological polar surface area (TPSA) is 119 Å². The number of hydrogen-bond acceptors (Lipinski definition) is 5. The summed E-state index contributed by atoms with van der Waals surface area (Å²) in [5, 5.41) is 2.74. The Kier molecular flexibility index (Phi) is 6.01. The summed E-state index contributed by atoms with van der Waals surface area (Å²) in [5.74, 6) is -0.746. The van der Waals surface area contributed by atoms with Crippen LogP contribution in [0.3, 0.4) is 0 Å². The predicted octanol–water partition coefficient (Wildman–Crippen LogP) is 1.37. The van der Waals surface area contributed by atoms with E-state index in [2.05, 4.69) is 5.32 Å². The molecule has 0 aliphatic carbocycles. The molecule has 2 aliphatic rings. The highest BCUT2D eigenvalue weighted by Crippen LogP contribution is 2.21. The number of nitrogens with zero attached hydrogens (tertiary/aromatic N) is 1. The molecule has 3 amide bonds. The average Bonchev–Trinajstić information content (AvgIpc) is 3.14. The number of carbonyl (C=O) groups is 2. The van der Waals surface area contributed by atoms with Crippen LogP contribution in [0.4, 0.5) is 10.5 Å². The summed E-state index contributed by atoms with van der Waals surface area (Å²) in [6, 6.07) is 5.78. The van der Waals surface area contributed by atoms with E-state index in [9.17, 15) is 18.0 Å². The van der Waals surface area contributed by atoms with E-state index in [-0.39, 0.29) is 28.7 Å². The fraction of sp³-hybridized carbons (Fsp3) is 0.556. The van der Waals surface area contributed by atoms with Gasteiger partial charge in [0.25, 0.3) is 0 Å². The van der Waals surface area contributed by atoms with Crippen molar-refractivity contribution in [2.45, 2.75) is 36.7 Å². The Morgan fingerprint density at radius 2 is 1.93 bits per heavy atom. The number of rotatable bonds is 5. The first-order valence-electron chi connectivity index (χ1n) is 9.15. The number of benzene rings is 1. The lowest BCUT2D eigenvalue weighted by molar-refractivity contribution is -0.123. The van der Waals surface area contributed by atoms with Crippen LogP contribution in [0.5, 0.6) is 0 Å². The van der Waals surface area contributed by atoms with Crippen LogP contribution in [0.1, 0.15) is 25.7 Å². The SMILES string of the molecule is NC(=O)C1CCCN(C(=O)Nc2ccc(S(=O)(=O)CC3CCCO3)cc2)C1. The van der Waals surface area contributed by atoms with E-state index >= 15 is 0 Å². The number of ether oxygens (including phenoxy) is 1. The average molecular weight is 395 g/mol. The van der Waals surface area contributed by atoms with Crippen molar-refractivity contribution in [1.82, 2.24) is 4.90 Å². The first-order valence-corrected chi connectivity index (χ1v) is 10.8. The zero-order valence-corrected chi connectivity index (χ0v) is 15.9. The van der Waals surface area contributed by atoms with Crippen LogP contribution in [0.2, 0.25) is 0 Å². The first-order chi connectivity index (χ1) is 12.8. The molecule has 0 saturated carbocycles. The van der Waals surface area contributed by atoms with Crippen molar-refractivity contribution in [2.24, 2.45) is 11.7 Å². The molecule has 0 aromatic heterocycles. The number of anilines is 1. The lowest BCUT2D eigenvalue weighted by atomic mass is 9.98. The fourth-order valence-corrected chi connectivity index (χ4v) is 4.95. The second-order valence-electron chi connectivity index (χ2n) is 7.06. The van der Waals surface area contributed by atoms with Gasteiger partial charge in [-0.3, -0.25) is 4.79 Å². The van der Waals surface area contributed by atoms with Crippen molar-refractivity contribution >= 4 is 27.5 Å². The third-order valence-electron chi connectivity index (χ3n) is 5.00. The van der Waals surface area contributed by atoms with E-state index in [0.29, 0.717) is 31.8 Å². The van der Waals surface area contributed by atoms with Crippen molar-refractivity contribution in [1.29, 1.82) is 0 Å². The van der Waals surface area contributed by atoms with Crippen LogP contribution in [0.25, 0.3) is 0 Å². The summed E-state index contributed by atoms with van der Waals surface area (Å²) in [7, 11) is -3.43. The number of amides is 3. The van der Waals surface area contributed by atoms with Gasteiger partial charge in [-0.05, 0) is 49.9 Å². The molecule has 3 rings (SSSR count). The molecule has 0 bridgehead atoms. The number of nitrogens with two attached hydrogens (primary N) is 1. The summed E-state index contributed by atoms with van der Waals surface area (Å²) < 4.78 is 30.3. The van der Waals surface area contributed by atoms with E-state index < -0.39 is 15.7 Å².